The van der Waals surface area contributed by atoms with Crippen LogP contribution in [-0.2, 0) is 11.3 Å². The van der Waals surface area contributed by atoms with Crippen molar-refractivity contribution in [3.63, 3.8) is 0 Å². The van der Waals surface area contributed by atoms with Crippen LogP contribution in [0, 0.1) is 0 Å². The van der Waals surface area contributed by atoms with E-state index in [4.69, 9.17) is 15.2 Å². The highest BCUT2D eigenvalue weighted by atomic mass is 16.7. The van der Waals surface area contributed by atoms with Gasteiger partial charge in [0.25, 0.3) is 0 Å². The summed E-state index contributed by atoms with van der Waals surface area (Å²) >= 11 is 0. The van der Waals surface area contributed by atoms with Crippen molar-refractivity contribution in [1.82, 2.24) is 5.32 Å². The Hall–Kier alpha value is -1.75. The molecule has 5 heteroatoms. The topological polar surface area (TPSA) is 73.6 Å². The number of nitrogens with one attached hydrogen (secondary N) is 1. The molecule has 0 bridgehead atoms. The van der Waals surface area contributed by atoms with Crippen molar-refractivity contribution >= 4 is 5.91 Å². The van der Waals surface area contributed by atoms with Gasteiger partial charge in [0.1, 0.15) is 0 Å². The normalized spacial score (nSPS) is 14.5. The third kappa shape index (κ3) is 3.10. The predicted octanol–water partition coefficient (Wildman–Crippen LogP) is 0.769. The average molecular weight is 236 g/mol. The van der Waals surface area contributed by atoms with Crippen molar-refractivity contribution < 1.29 is 14.3 Å². The minimum atomic E-state index is -0.119. The van der Waals surface area contributed by atoms with E-state index in [0.29, 0.717) is 13.0 Å². The number of amides is 1. The van der Waals surface area contributed by atoms with Gasteiger partial charge in [-0.2, -0.15) is 0 Å². The van der Waals surface area contributed by atoms with Crippen molar-refractivity contribution in [3.8, 4) is 11.5 Å². The summed E-state index contributed by atoms with van der Waals surface area (Å²) < 4.78 is 10.5. The van der Waals surface area contributed by atoms with Gasteiger partial charge in [-0.05, 0) is 24.6 Å². The van der Waals surface area contributed by atoms with Gasteiger partial charge in [-0.1, -0.05) is 6.07 Å². The molecule has 1 heterocycles. The molecule has 92 valence electrons. The summed E-state index contributed by atoms with van der Waals surface area (Å²) in [6, 6.07) is 5.50. The highest BCUT2D eigenvalue weighted by molar-refractivity contribution is 5.76. The fourth-order valence-electron chi connectivity index (χ4n) is 1.62. The van der Waals surface area contributed by atoms with Crippen LogP contribution in [0.3, 0.4) is 0 Å². The molecule has 0 aromatic heterocycles. The lowest BCUT2D eigenvalue weighted by molar-refractivity contribution is -0.121. The molecule has 0 fully saturated rings. The van der Waals surface area contributed by atoms with E-state index < -0.39 is 0 Å². The van der Waals surface area contributed by atoms with Crippen LogP contribution in [0.1, 0.15) is 18.9 Å². The van der Waals surface area contributed by atoms with Crippen LogP contribution in [0.15, 0.2) is 18.2 Å². The number of carbonyl (C=O) groups excluding carboxylic acids is 1. The summed E-state index contributed by atoms with van der Waals surface area (Å²) in [5.41, 5.74) is 6.52. The number of fused-ring (bicyclic) bond motifs is 1. The number of ether oxygens (including phenoxy) is 2. The minimum absolute atomic E-state index is 0.0438. The highest BCUT2D eigenvalue weighted by Gasteiger charge is 2.13. The van der Waals surface area contributed by atoms with Crippen LogP contribution >= 0.6 is 0 Å². The number of benzene rings is 1. The van der Waals surface area contributed by atoms with Crippen LogP contribution in [0.5, 0.6) is 11.5 Å². The molecular weight excluding hydrogens is 220 g/mol. The standard InChI is InChI=1S/C12H16N2O3/c1-8(13)4-12(15)14-6-9-2-3-10-11(5-9)17-7-16-10/h2-3,5,8H,4,6-7,13H2,1H3,(H,14,15). The van der Waals surface area contributed by atoms with Crippen molar-refractivity contribution in [2.75, 3.05) is 6.79 Å². The quantitative estimate of drug-likeness (QED) is 0.809. The van der Waals surface area contributed by atoms with E-state index in [1.165, 1.54) is 0 Å². The fraction of sp³-hybridized carbons (Fsp3) is 0.417. The van der Waals surface area contributed by atoms with E-state index in [0.717, 1.165) is 17.1 Å². The summed E-state index contributed by atoms with van der Waals surface area (Å²) in [6.07, 6.45) is 0.338. The van der Waals surface area contributed by atoms with Gasteiger partial charge in [0.05, 0.1) is 0 Å². The Morgan fingerprint density at radius 2 is 2.24 bits per heavy atom. The van der Waals surface area contributed by atoms with Crippen molar-refractivity contribution in [2.24, 2.45) is 5.73 Å². The van der Waals surface area contributed by atoms with Gasteiger partial charge in [-0.25, -0.2) is 0 Å². The second kappa shape index (κ2) is 5.05. The Kier molecular flexibility index (Phi) is 3.49. The molecule has 0 aliphatic carbocycles. The van der Waals surface area contributed by atoms with Crippen molar-refractivity contribution in [3.05, 3.63) is 23.8 Å². The third-order valence-electron chi connectivity index (χ3n) is 2.43. The van der Waals surface area contributed by atoms with E-state index in [1.807, 2.05) is 18.2 Å². The Bertz CT molecular complexity index is 418. The van der Waals surface area contributed by atoms with Crippen LogP contribution in [0.2, 0.25) is 0 Å². The largest absolute Gasteiger partial charge is 0.454 e. The second-order valence-electron chi connectivity index (χ2n) is 4.15. The molecule has 2 rings (SSSR count). The Morgan fingerprint density at radius 1 is 1.47 bits per heavy atom. The summed E-state index contributed by atoms with van der Waals surface area (Å²) in [4.78, 5) is 11.4. The van der Waals surface area contributed by atoms with Crippen molar-refractivity contribution in [2.45, 2.75) is 25.9 Å². The van der Waals surface area contributed by atoms with E-state index >= 15 is 0 Å². The zero-order chi connectivity index (χ0) is 12.3. The first kappa shape index (κ1) is 11.7. The molecule has 1 aliphatic heterocycles. The zero-order valence-corrected chi connectivity index (χ0v) is 9.73. The first-order chi connectivity index (χ1) is 8.15. The monoisotopic (exact) mass is 236 g/mol. The molecule has 5 nitrogen and oxygen atoms in total. The molecule has 1 aromatic rings. The van der Waals surface area contributed by atoms with Gasteiger partial charge in [0.2, 0.25) is 12.7 Å². The molecule has 0 spiro atoms. The van der Waals surface area contributed by atoms with Crippen molar-refractivity contribution in [1.29, 1.82) is 0 Å². The molecule has 1 atom stereocenters. The maximum absolute atomic E-state index is 11.4. The molecule has 17 heavy (non-hydrogen) atoms. The Labute approximate surface area is 99.9 Å². The SMILES string of the molecule is CC(N)CC(=O)NCc1ccc2c(c1)OCO2. The summed E-state index contributed by atoms with van der Waals surface area (Å²) in [6.45, 7) is 2.54. The highest BCUT2D eigenvalue weighted by Crippen LogP contribution is 2.32. The second-order valence-corrected chi connectivity index (χ2v) is 4.15. The smallest absolute Gasteiger partial charge is 0.231 e. The van der Waals surface area contributed by atoms with E-state index in [2.05, 4.69) is 5.32 Å². The number of rotatable bonds is 4. The van der Waals surface area contributed by atoms with Gasteiger partial charge >= 0.3 is 0 Å². The number of hydrogen-bond acceptors (Lipinski definition) is 4. The van der Waals surface area contributed by atoms with E-state index in [9.17, 15) is 4.79 Å². The van der Waals surface area contributed by atoms with Gasteiger partial charge in [0, 0.05) is 19.0 Å². The maximum Gasteiger partial charge on any atom is 0.231 e. The summed E-state index contributed by atoms with van der Waals surface area (Å²) in [5.74, 6) is 1.43. The molecule has 1 amide bonds. The number of nitrogens with two attached hydrogens (primary N) is 1. The van der Waals surface area contributed by atoms with Crippen LogP contribution in [-0.4, -0.2) is 18.7 Å². The zero-order valence-electron chi connectivity index (χ0n) is 9.73. The minimum Gasteiger partial charge on any atom is -0.454 e. The molecule has 1 aromatic carbocycles. The maximum atomic E-state index is 11.4. The summed E-state index contributed by atoms with van der Waals surface area (Å²) in [7, 11) is 0. The van der Waals surface area contributed by atoms with Gasteiger partial charge < -0.3 is 20.5 Å². The first-order valence-corrected chi connectivity index (χ1v) is 5.56. The van der Waals surface area contributed by atoms with Crippen LogP contribution in [0.4, 0.5) is 0 Å². The average Bonchev–Trinajstić information content (AvgIpc) is 2.72. The van der Waals surface area contributed by atoms with Gasteiger partial charge in [-0.3, -0.25) is 4.79 Å². The van der Waals surface area contributed by atoms with Gasteiger partial charge in [-0.15, -0.1) is 0 Å². The van der Waals surface area contributed by atoms with E-state index in [-0.39, 0.29) is 18.7 Å². The third-order valence-corrected chi connectivity index (χ3v) is 2.43. The predicted molar refractivity (Wildman–Crippen MR) is 62.7 cm³/mol. The lowest BCUT2D eigenvalue weighted by atomic mass is 10.2. The lowest BCUT2D eigenvalue weighted by Gasteiger charge is -2.07. The lowest BCUT2D eigenvalue weighted by Crippen LogP contribution is -2.29. The molecular formula is C12H16N2O3. The van der Waals surface area contributed by atoms with Gasteiger partial charge in [0.15, 0.2) is 11.5 Å². The molecule has 0 saturated heterocycles. The van der Waals surface area contributed by atoms with Crippen LogP contribution < -0.4 is 20.5 Å². The molecule has 3 N–H and O–H groups in total. The summed E-state index contributed by atoms with van der Waals surface area (Å²) in [5, 5.41) is 2.81. The number of carbonyl (C=O) groups is 1. The molecule has 0 radical (unpaired) electrons. The van der Waals surface area contributed by atoms with Crippen LogP contribution in [0.25, 0.3) is 0 Å². The Balaban J connectivity index is 1.89. The molecule has 1 aliphatic rings. The molecule has 1 unspecified atom stereocenters. The van der Waals surface area contributed by atoms with E-state index in [1.54, 1.807) is 6.92 Å². The molecule has 0 saturated carbocycles. The first-order valence-electron chi connectivity index (χ1n) is 5.56. The Morgan fingerprint density at radius 3 is 3.00 bits per heavy atom. The number of hydrogen-bond donors (Lipinski definition) is 2. The fourth-order valence-corrected chi connectivity index (χ4v) is 1.62.